The molecule has 0 atom stereocenters. The maximum Gasteiger partial charge on any atom is 0.355 e. The van der Waals surface area contributed by atoms with Gasteiger partial charge in [0.15, 0.2) is 0 Å². The first kappa shape index (κ1) is 20.5. The number of halogens is 3. The smallest absolute Gasteiger partial charge is 0.355 e. The normalized spacial score (nSPS) is 11.6. The molecule has 0 fully saturated rings. The van der Waals surface area contributed by atoms with E-state index in [4.69, 9.17) is 27.9 Å². The fourth-order valence-corrected chi connectivity index (χ4v) is 3.68. The van der Waals surface area contributed by atoms with Gasteiger partial charge in [-0.1, -0.05) is 51.3 Å². The number of hydrogen-bond acceptors (Lipinski definition) is 3. The number of benzene rings is 2. The van der Waals surface area contributed by atoms with E-state index in [1.54, 1.807) is 37.3 Å². The molecule has 28 heavy (non-hydrogen) atoms. The molecule has 2 aromatic carbocycles. The number of ether oxygens (including phenoxy) is 1. The van der Waals surface area contributed by atoms with Crippen LogP contribution in [0.4, 0.5) is 0 Å². The van der Waals surface area contributed by atoms with Crippen molar-refractivity contribution < 1.29 is 19.4 Å². The van der Waals surface area contributed by atoms with Gasteiger partial charge >= 0.3 is 11.9 Å². The highest BCUT2D eigenvalue weighted by molar-refractivity contribution is 9.10. The molecule has 0 aliphatic heterocycles. The summed E-state index contributed by atoms with van der Waals surface area (Å²) in [6.45, 7) is 1.86. The molecule has 0 bridgehead atoms. The summed E-state index contributed by atoms with van der Waals surface area (Å²) in [5, 5.41) is 10.9. The number of H-pyrrole nitrogens is 1. The van der Waals surface area contributed by atoms with Crippen molar-refractivity contribution >= 4 is 73.6 Å². The van der Waals surface area contributed by atoms with Crippen molar-refractivity contribution in [2.75, 3.05) is 6.61 Å². The SMILES string of the molecule is CCOC(=O)c1[nH]c2cc(Cl)cc(Cl)c2c1/C=C(\C(=O)O)c1ccc(Br)cc1. The number of aliphatic carboxylic acids is 1. The maximum atomic E-state index is 12.5. The van der Waals surface area contributed by atoms with Crippen LogP contribution in [-0.2, 0) is 9.53 Å². The summed E-state index contributed by atoms with van der Waals surface area (Å²) in [6.07, 6.45) is 1.41. The van der Waals surface area contributed by atoms with Crippen molar-refractivity contribution in [1.82, 2.24) is 4.98 Å². The van der Waals surface area contributed by atoms with Gasteiger partial charge in [0.05, 0.1) is 17.2 Å². The zero-order valence-corrected chi connectivity index (χ0v) is 17.7. The highest BCUT2D eigenvalue weighted by atomic mass is 79.9. The second-order valence-electron chi connectivity index (χ2n) is 5.81. The summed E-state index contributed by atoms with van der Waals surface area (Å²) in [4.78, 5) is 27.3. The lowest BCUT2D eigenvalue weighted by molar-refractivity contribution is -0.130. The van der Waals surface area contributed by atoms with E-state index in [1.165, 1.54) is 12.1 Å². The van der Waals surface area contributed by atoms with Crippen LogP contribution >= 0.6 is 39.1 Å². The minimum absolute atomic E-state index is 0.00460. The molecule has 0 amide bonds. The van der Waals surface area contributed by atoms with E-state index < -0.39 is 11.9 Å². The van der Waals surface area contributed by atoms with Crippen LogP contribution < -0.4 is 0 Å². The number of aromatic amines is 1. The number of esters is 1. The van der Waals surface area contributed by atoms with Crippen LogP contribution in [0, 0.1) is 0 Å². The fraction of sp³-hybridized carbons (Fsp3) is 0.100. The minimum Gasteiger partial charge on any atom is -0.478 e. The van der Waals surface area contributed by atoms with E-state index in [9.17, 15) is 14.7 Å². The second-order valence-corrected chi connectivity index (χ2v) is 7.57. The number of carbonyl (C=O) groups is 2. The van der Waals surface area contributed by atoms with Crippen LogP contribution in [0.3, 0.4) is 0 Å². The molecular weight excluding hydrogens is 469 g/mol. The standard InChI is InChI=1S/C20H14BrCl2NO4/c1-2-28-20(27)18-14(17-15(23)7-12(22)8-16(17)24-18)9-13(19(25)26)10-3-5-11(21)6-4-10/h3-9,24H,2H2,1H3,(H,25,26)/b13-9-. The predicted molar refractivity (Wildman–Crippen MR) is 114 cm³/mol. The Labute approximate surface area is 179 Å². The maximum absolute atomic E-state index is 12.5. The van der Waals surface area contributed by atoms with Gasteiger partial charge in [-0.25, -0.2) is 9.59 Å². The van der Waals surface area contributed by atoms with Crippen LogP contribution in [0.1, 0.15) is 28.5 Å². The quantitative estimate of drug-likeness (QED) is 0.343. The highest BCUT2D eigenvalue weighted by Gasteiger charge is 2.22. The summed E-state index contributed by atoms with van der Waals surface area (Å²) in [5.41, 5.74) is 1.43. The molecule has 3 rings (SSSR count). The Morgan fingerprint density at radius 3 is 2.50 bits per heavy atom. The van der Waals surface area contributed by atoms with Crippen LogP contribution in [0.2, 0.25) is 10.0 Å². The molecule has 144 valence electrons. The largest absolute Gasteiger partial charge is 0.478 e. The third-order valence-electron chi connectivity index (χ3n) is 4.01. The van der Waals surface area contributed by atoms with Gasteiger partial charge in [0, 0.05) is 26.0 Å². The summed E-state index contributed by atoms with van der Waals surface area (Å²) < 4.78 is 5.92. The first-order chi connectivity index (χ1) is 13.3. The Morgan fingerprint density at radius 2 is 1.89 bits per heavy atom. The lowest BCUT2D eigenvalue weighted by Gasteiger charge is -2.06. The van der Waals surface area contributed by atoms with E-state index >= 15 is 0 Å². The molecule has 0 radical (unpaired) electrons. The molecule has 2 N–H and O–H groups in total. The molecule has 0 saturated carbocycles. The summed E-state index contributed by atoms with van der Waals surface area (Å²) >= 11 is 15.7. The summed E-state index contributed by atoms with van der Waals surface area (Å²) in [6, 6.07) is 9.96. The van der Waals surface area contributed by atoms with Gasteiger partial charge < -0.3 is 14.8 Å². The van der Waals surface area contributed by atoms with Crippen LogP contribution in [0.25, 0.3) is 22.6 Å². The van der Waals surface area contributed by atoms with Crippen molar-refractivity contribution in [1.29, 1.82) is 0 Å². The molecule has 0 saturated heterocycles. The van der Waals surface area contributed by atoms with E-state index in [-0.39, 0.29) is 17.9 Å². The monoisotopic (exact) mass is 481 g/mol. The van der Waals surface area contributed by atoms with Crippen molar-refractivity contribution in [3.05, 3.63) is 67.7 Å². The Morgan fingerprint density at radius 1 is 1.21 bits per heavy atom. The number of fused-ring (bicyclic) bond motifs is 1. The van der Waals surface area contributed by atoms with E-state index in [0.29, 0.717) is 32.1 Å². The number of carbonyl (C=O) groups excluding carboxylic acids is 1. The molecule has 0 aliphatic carbocycles. The number of rotatable bonds is 5. The molecule has 3 aromatic rings. The van der Waals surface area contributed by atoms with Gasteiger partial charge in [-0.3, -0.25) is 0 Å². The fourth-order valence-electron chi connectivity index (χ4n) is 2.82. The van der Waals surface area contributed by atoms with Gasteiger partial charge in [0.25, 0.3) is 0 Å². The van der Waals surface area contributed by atoms with Crippen LogP contribution in [-0.4, -0.2) is 28.6 Å². The Kier molecular flexibility index (Phi) is 6.13. The van der Waals surface area contributed by atoms with Gasteiger partial charge in [0.2, 0.25) is 0 Å². The van der Waals surface area contributed by atoms with Crippen molar-refractivity contribution in [3.8, 4) is 0 Å². The molecule has 0 aliphatic rings. The van der Waals surface area contributed by atoms with Crippen molar-refractivity contribution in [2.24, 2.45) is 0 Å². The Hall–Kier alpha value is -2.28. The average molecular weight is 483 g/mol. The van der Waals surface area contributed by atoms with Gasteiger partial charge in [-0.05, 0) is 42.8 Å². The topological polar surface area (TPSA) is 79.4 Å². The number of nitrogens with one attached hydrogen (secondary N) is 1. The van der Waals surface area contributed by atoms with Crippen molar-refractivity contribution in [3.63, 3.8) is 0 Å². The molecule has 5 nitrogen and oxygen atoms in total. The average Bonchev–Trinajstić information content (AvgIpc) is 2.99. The summed E-state index contributed by atoms with van der Waals surface area (Å²) in [5.74, 6) is -1.76. The van der Waals surface area contributed by atoms with Crippen LogP contribution in [0.15, 0.2) is 40.9 Å². The number of carboxylic acid groups (broad SMARTS) is 1. The second kappa shape index (κ2) is 8.39. The number of aromatic nitrogens is 1. The molecule has 0 unspecified atom stereocenters. The highest BCUT2D eigenvalue weighted by Crippen LogP contribution is 2.35. The third kappa shape index (κ3) is 4.09. The lowest BCUT2D eigenvalue weighted by Crippen LogP contribution is -2.07. The molecule has 8 heteroatoms. The predicted octanol–water partition coefficient (Wildman–Crippen LogP) is 6.04. The third-order valence-corrected chi connectivity index (χ3v) is 5.05. The van der Waals surface area contributed by atoms with Gasteiger partial charge in [0.1, 0.15) is 5.69 Å². The number of hydrogen-bond donors (Lipinski definition) is 2. The molecule has 1 aromatic heterocycles. The Balaban J connectivity index is 2.30. The van der Waals surface area contributed by atoms with Gasteiger partial charge in [-0.2, -0.15) is 0 Å². The first-order valence-corrected chi connectivity index (χ1v) is 9.75. The zero-order chi connectivity index (χ0) is 20.4. The molecular formula is C20H14BrCl2NO4. The Bertz CT molecular complexity index is 1100. The van der Waals surface area contributed by atoms with Gasteiger partial charge in [-0.15, -0.1) is 0 Å². The minimum atomic E-state index is -1.14. The van der Waals surface area contributed by atoms with E-state index in [2.05, 4.69) is 20.9 Å². The zero-order valence-electron chi connectivity index (χ0n) is 14.6. The van der Waals surface area contributed by atoms with Crippen LogP contribution in [0.5, 0.6) is 0 Å². The molecule has 0 spiro atoms. The summed E-state index contributed by atoms with van der Waals surface area (Å²) in [7, 11) is 0. The van der Waals surface area contributed by atoms with E-state index in [0.717, 1.165) is 4.47 Å². The van der Waals surface area contributed by atoms with E-state index in [1.807, 2.05) is 0 Å². The molecule has 1 heterocycles. The van der Waals surface area contributed by atoms with Crippen molar-refractivity contribution in [2.45, 2.75) is 6.92 Å². The number of carboxylic acids is 1. The first-order valence-electron chi connectivity index (χ1n) is 8.20. The lowest BCUT2D eigenvalue weighted by atomic mass is 10.0.